The molecule has 3 aliphatic carbocycles. The van der Waals surface area contributed by atoms with Crippen LogP contribution >= 0.6 is 0 Å². The van der Waals surface area contributed by atoms with E-state index in [1.165, 1.54) is 25.0 Å². The predicted octanol–water partition coefficient (Wildman–Crippen LogP) is 4.01. The zero-order chi connectivity index (χ0) is 23.7. The average molecular weight is 470 g/mol. The van der Waals surface area contributed by atoms with Gasteiger partial charge in [-0.05, 0) is 88.0 Å². The monoisotopic (exact) mass is 469 g/mol. The summed E-state index contributed by atoms with van der Waals surface area (Å²) >= 11 is 0. The van der Waals surface area contributed by atoms with Crippen LogP contribution in [0.3, 0.4) is 0 Å². The Hall–Kier alpha value is -2.41. The second-order valence-electron chi connectivity index (χ2n) is 10.5. The number of esters is 1. The fourth-order valence-corrected chi connectivity index (χ4v) is 6.04. The van der Waals surface area contributed by atoms with Crippen LogP contribution in [0.5, 0.6) is 0 Å². The van der Waals surface area contributed by atoms with E-state index < -0.39 is 0 Å². The average Bonchev–Trinajstić information content (AvgIpc) is 3.40. The molecule has 184 valence electrons. The molecule has 1 saturated heterocycles. The molecule has 2 saturated carbocycles. The van der Waals surface area contributed by atoms with Gasteiger partial charge in [-0.3, -0.25) is 9.69 Å². The van der Waals surface area contributed by atoms with Gasteiger partial charge in [0.2, 0.25) is 5.91 Å². The molecule has 0 aromatic heterocycles. The van der Waals surface area contributed by atoms with Crippen molar-refractivity contribution in [1.29, 1.82) is 0 Å². The predicted molar refractivity (Wildman–Crippen MR) is 129 cm³/mol. The highest BCUT2D eigenvalue weighted by Crippen LogP contribution is 2.57. The molecule has 1 amide bonds. The van der Waals surface area contributed by atoms with Crippen molar-refractivity contribution in [3.05, 3.63) is 41.4 Å². The molecule has 1 N–H and O–H groups in total. The van der Waals surface area contributed by atoms with Gasteiger partial charge in [-0.2, -0.15) is 0 Å². The normalized spacial score (nSPS) is 26.6. The molecule has 5 rings (SSSR count). The van der Waals surface area contributed by atoms with Crippen LogP contribution in [0.25, 0.3) is 0 Å². The van der Waals surface area contributed by atoms with Crippen molar-refractivity contribution in [2.24, 2.45) is 11.3 Å². The number of hydrogen-bond acceptors (Lipinski definition) is 5. The van der Waals surface area contributed by atoms with Crippen LogP contribution in [0.15, 0.2) is 35.5 Å². The highest BCUT2D eigenvalue weighted by molar-refractivity contribution is 5.91. The largest absolute Gasteiger partial charge is 0.463 e. The second kappa shape index (κ2) is 9.68. The summed E-state index contributed by atoms with van der Waals surface area (Å²) in [5.74, 6) is -0.404. The molecule has 1 spiro atoms. The van der Waals surface area contributed by atoms with Gasteiger partial charge in [0.1, 0.15) is 5.82 Å². The lowest BCUT2D eigenvalue weighted by molar-refractivity contribution is -0.139. The maximum Gasteiger partial charge on any atom is 0.335 e. The number of carbonyl (C=O) groups is 2. The number of piperazine rings is 1. The number of nitrogens with one attached hydrogen (secondary N) is 1. The zero-order valence-electron chi connectivity index (χ0n) is 20.2. The van der Waals surface area contributed by atoms with Crippen LogP contribution in [-0.4, -0.2) is 55.6 Å². The van der Waals surface area contributed by atoms with E-state index in [4.69, 9.17) is 4.74 Å². The Morgan fingerprint density at radius 1 is 1.09 bits per heavy atom. The van der Waals surface area contributed by atoms with Crippen LogP contribution in [0, 0.1) is 17.2 Å². The minimum Gasteiger partial charge on any atom is -0.463 e. The molecule has 0 unspecified atom stereocenters. The molecule has 1 heterocycles. The smallest absolute Gasteiger partial charge is 0.335 e. The molecule has 3 fully saturated rings. The van der Waals surface area contributed by atoms with E-state index in [-0.39, 0.29) is 29.0 Å². The van der Waals surface area contributed by atoms with Crippen LogP contribution in [-0.2, 0) is 14.3 Å². The summed E-state index contributed by atoms with van der Waals surface area (Å²) in [5.41, 5.74) is 2.85. The van der Waals surface area contributed by atoms with E-state index in [1.807, 2.05) is 19.1 Å². The van der Waals surface area contributed by atoms with E-state index in [0.29, 0.717) is 18.2 Å². The Labute approximate surface area is 201 Å². The van der Waals surface area contributed by atoms with Crippen molar-refractivity contribution in [1.82, 2.24) is 10.2 Å². The van der Waals surface area contributed by atoms with Crippen molar-refractivity contribution in [3.63, 3.8) is 0 Å². The molecular formula is C27H36FN3O3. The summed E-state index contributed by atoms with van der Waals surface area (Å²) in [6.45, 7) is 5.92. The van der Waals surface area contributed by atoms with Gasteiger partial charge in [-0.1, -0.05) is 0 Å². The number of nitrogens with zero attached hydrogens (tertiary/aromatic N) is 2. The number of ether oxygens (including phenoxy) is 1. The Kier molecular flexibility index (Phi) is 6.65. The quantitative estimate of drug-likeness (QED) is 0.638. The summed E-state index contributed by atoms with van der Waals surface area (Å²) in [5, 5.41) is 3.15. The van der Waals surface area contributed by atoms with Crippen LogP contribution < -0.4 is 10.2 Å². The summed E-state index contributed by atoms with van der Waals surface area (Å²) < 4.78 is 18.5. The molecule has 2 atom stereocenters. The minimum atomic E-state index is -0.257. The molecule has 6 nitrogen and oxygen atoms in total. The maximum atomic E-state index is 13.2. The fraction of sp³-hybridized carbons (Fsp3) is 0.630. The maximum absolute atomic E-state index is 13.2. The molecule has 7 heteroatoms. The van der Waals surface area contributed by atoms with Gasteiger partial charge in [-0.15, -0.1) is 0 Å². The van der Waals surface area contributed by atoms with Crippen LogP contribution in [0.2, 0.25) is 0 Å². The van der Waals surface area contributed by atoms with E-state index in [9.17, 15) is 14.0 Å². The van der Waals surface area contributed by atoms with Gasteiger partial charge < -0.3 is 15.0 Å². The van der Waals surface area contributed by atoms with Gasteiger partial charge in [0, 0.05) is 49.5 Å². The van der Waals surface area contributed by atoms with E-state index in [2.05, 4.69) is 15.1 Å². The second-order valence-corrected chi connectivity index (χ2v) is 10.5. The van der Waals surface area contributed by atoms with Gasteiger partial charge in [-0.25, -0.2) is 9.18 Å². The Morgan fingerprint density at radius 2 is 1.82 bits per heavy atom. The minimum absolute atomic E-state index is 0.00659. The molecule has 0 bridgehead atoms. The van der Waals surface area contributed by atoms with Crippen molar-refractivity contribution >= 4 is 17.6 Å². The lowest BCUT2D eigenvalue weighted by Gasteiger charge is -2.39. The first-order valence-corrected chi connectivity index (χ1v) is 12.9. The third-order valence-electron chi connectivity index (χ3n) is 8.37. The molecule has 1 aromatic rings. The number of amides is 1. The zero-order valence-corrected chi connectivity index (χ0v) is 20.2. The highest BCUT2D eigenvalue weighted by Gasteiger charge is 2.47. The molecule has 34 heavy (non-hydrogen) atoms. The van der Waals surface area contributed by atoms with Gasteiger partial charge >= 0.3 is 5.97 Å². The first kappa shape index (κ1) is 23.3. The Balaban J connectivity index is 1.15. The third kappa shape index (κ3) is 4.99. The summed E-state index contributed by atoms with van der Waals surface area (Å²) in [6, 6.07) is 7.14. The van der Waals surface area contributed by atoms with E-state index in [1.54, 1.807) is 0 Å². The number of allylic oxidation sites excluding steroid dienone is 1. The standard InChI is InChI=1S/C27H36FN3O3/c1-2-34-26(33)23-18-27(11-12-27)10-9-24(23)29-25(32)19-3-6-22(17-19)31-15-13-30(14-16-31)21-7-4-20(28)5-8-21/h4-5,7-8,19,22H,2-3,6,9-18H2,1H3,(H,29,32)/t19-,22-/m0/s1. The Morgan fingerprint density at radius 3 is 2.50 bits per heavy atom. The number of hydrogen-bond donors (Lipinski definition) is 1. The van der Waals surface area contributed by atoms with E-state index in [0.717, 1.165) is 76.1 Å². The lowest BCUT2D eigenvalue weighted by Crippen LogP contribution is -2.50. The van der Waals surface area contributed by atoms with Crippen LogP contribution in [0.4, 0.5) is 10.1 Å². The van der Waals surface area contributed by atoms with Crippen molar-refractivity contribution < 1.29 is 18.7 Å². The molecule has 0 radical (unpaired) electrons. The summed E-state index contributed by atoms with van der Waals surface area (Å²) in [4.78, 5) is 30.5. The number of anilines is 1. The molecule has 1 aromatic carbocycles. The highest BCUT2D eigenvalue weighted by atomic mass is 19.1. The third-order valence-corrected chi connectivity index (χ3v) is 8.37. The topological polar surface area (TPSA) is 61.9 Å². The summed E-state index contributed by atoms with van der Waals surface area (Å²) in [7, 11) is 0. The first-order valence-electron chi connectivity index (χ1n) is 12.9. The van der Waals surface area contributed by atoms with Crippen molar-refractivity contribution in [2.45, 2.75) is 64.3 Å². The number of carbonyl (C=O) groups excluding carboxylic acids is 2. The van der Waals surface area contributed by atoms with Crippen molar-refractivity contribution in [2.75, 3.05) is 37.7 Å². The fourth-order valence-electron chi connectivity index (χ4n) is 6.04. The SMILES string of the molecule is CCOC(=O)C1=C(NC(=O)[C@H]2CC[C@H](N3CCN(c4ccc(F)cc4)CC3)C2)CCC2(CC2)C1. The van der Waals surface area contributed by atoms with Crippen molar-refractivity contribution in [3.8, 4) is 0 Å². The first-order chi connectivity index (χ1) is 16.5. The van der Waals surface area contributed by atoms with Crippen LogP contribution in [0.1, 0.15) is 58.3 Å². The van der Waals surface area contributed by atoms with E-state index >= 15 is 0 Å². The Bertz CT molecular complexity index is 948. The number of rotatable bonds is 6. The van der Waals surface area contributed by atoms with Gasteiger partial charge in [0.15, 0.2) is 0 Å². The lowest BCUT2D eigenvalue weighted by atomic mass is 9.83. The number of benzene rings is 1. The molecule has 1 aliphatic heterocycles. The number of halogens is 1. The van der Waals surface area contributed by atoms with Gasteiger partial charge in [0.05, 0.1) is 12.2 Å². The molecule has 4 aliphatic rings. The van der Waals surface area contributed by atoms with Gasteiger partial charge in [0.25, 0.3) is 0 Å². The molecular weight excluding hydrogens is 433 g/mol. The summed E-state index contributed by atoms with van der Waals surface area (Å²) in [6.07, 6.45) is 7.70.